The average molecular weight is 371 g/mol. The number of methoxy groups -OCH3 is 1. The van der Waals surface area contributed by atoms with Crippen molar-refractivity contribution >= 4 is 41.5 Å². The summed E-state index contributed by atoms with van der Waals surface area (Å²) in [5.74, 6) is 0.782. The van der Waals surface area contributed by atoms with E-state index in [1.807, 2.05) is 18.2 Å². The lowest BCUT2D eigenvalue weighted by Gasteiger charge is -2.31. The van der Waals surface area contributed by atoms with Crippen LogP contribution in [-0.2, 0) is 0 Å². The van der Waals surface area contributed by atoms with Gasteiger partial charge in [-0.1, -0.05) is 35.5 Å². The summed E-state index contributed by atoms with van der Waals surface area (Å²) in [7, 11) is 1.65. The van der Waals surface area contributed by atoms with Crippen LogP contribution in [0.2, 0.25) is 5.02 Å². The molecule has 124 valence electrons. The summed E-state index contributed by atoms with van der Waals surface area (Å²) in [4.78, 5) is 4.71. The fraction of sp³-hybridized carbons (Fsp3) is 0.294. The second-order valence-corrected chi connectivity index (χ2v) is 6.59. The molecule has 1 heterocycles. The molecule has 0 atom stereocenters. The van der Waals surface area contributed by atoms with Crippen LogP contribution in [0.4, 0.5) is 5.69 Å². The Morgan fingerprint density at radius 3 is 2.52 bits per heavy atom. The fourth-order valence-corrected chi connectivity index (χ4v) is 3.78. The number of para-hydroxylation sites is 1. The first-order valence-electron chi connectivity index (χ1n) is 7.34. The van der Waals surface area contributed by atoms with E-state index in [4.69, 9.17) is 16.3 Å². The van der Waals surface area contributed by atoms with Gasteiger partial charge in [0.05, 0.1) is 17.8 Å². The molecule has 0 aliphatic carbocycles. The summed E-state index contributed by atoms with van der Waals surface area (Å²) in [6.45, 7) is 4.13. The van der Waals surface area contributed by atoms with Gasteiger partial charge in [-0.05, 0) is 30.3 Å². The maximum absolute atomic E-state index is 6.37. The molecule has 0 unspecified atom stereocenters. The lowest BCUT2D eigenvalue weighted by atomic mass is 10.2. The Balaban J connectivity index is 0.00000192. The first-order valence-corrected chi connectivity index (χ1v) is 8.53. The summed E-state index contributed by atoms with van der Waals surface area (Å²) in [5, 5.41) is 4.11. The van der Waals surface area contributed by atoms with Gasteiger partial charge in [0.1, 0.15) is 5.75 Å². The SMILES string of the molecule is COc1ccc(Sc2ccccc2N2CCNCC2)c(Cl)c1.Cl. The molecular formula is C17H20Cl2N2OS. The number of anilines is 1. The van der Waals surface area contributed by atoms with E-state index in [1.54, 1.807) is 18.9 Å². The van der Waals surface area contributed by atoms with E-state index < -0.39 is 0 Å². The third-order valence-corrected chi connectivity index (χ3v) is 5.25. The molecule has 1 aliphatic rings. The summed E-state index contributed by atoms with van der Waals surface area (Å²) in [6, 6.07) is 14.3. The lowest BCUT2D eigenvalue weighted by molar-refractivity contribution is 0.414. The Labute approximate surface area is 152 Å². The number of nitrogens with zero attached hydrogens (tertiary/aromatic N) is 1. The number of hydrogen-bond acceptors (Lipinski definition) is 4. The third kappa shape index (κ3) is 4.48. The molecule has 2 aromatic rings. The minimum atomic E-state index is 0. The zero-order chi connectivity index (χ0) is 15.4. The first-order chi connectivity index (χ1) is 10.8. The molecule has 1 saturated heterocycles. The Morgan fingerprint density at radius 1 is 1.09 bits per heavy atom. The highest BCUT2D eigenvalue weighted by Crippen LogP contribution is 2.39. The van der Waals surface area contributed by atoms with Gasteiger partial charge in [-0.15, -0.1) is 12.4 Å². The predicted octanol–water partition coefficient (Wildman–Crippen LogP) is 4.33. The van der Waals surface area contributed by atoms with Crippen molar-refractivity contribution in [1.29, 1.82) is 0 Å². The topological polar surface area (TPSA) is 24.5 Å². The molecule has 6 heteroatoms. The predicted molar refractivity (Wildman–Crippen MR) is 101 cm³/mol. The van der Waals surface area contributed by atoms with Gasteiger partial charge in [-0.25, -0.2) is 0 Å². The molecule has 1 aliphatic heterocycles. The number of piperazine rings is 1. The van der Waals surface area contributed by atoms with Gasteiger partial charge >= 0.3 is 0 Å². The normalized spacial score (nSPS) is 14.3. The molecule has 0 spiro atoms. The number of halogens is 2. The minimum Gasteiger partial charge on any atom is -0.497 e. The van der Waals surface area contributed by atoms with Crippen molar-refractivity contribution in [3.8, 4) is 5.75 Å². The van der Waals surface area contributed by atoms with Crippen molar-refractivity contribution in [3.05, 3.63) is 47.5 Å². The molecule has 0 saturated carbocycles. The van der Waals surface area contributed by atoms with Gasteiger partial charge in [0.2, 0.25) is 0 Å². The van der Waals surface area contributed by atoms with Crippen molar-refractivity contribution < 1.29 is 4.74 Å². The van der Waals surface area contributed by atoms with Crippen LogP contribution in [0, 0.1) is 0 Å². The monoisotopic (exact) mass is 370 g/mol. The average Bonchev–Trinajstić information content (AvgIpc) is 2.58. The van der Waals surface area contributed by atoms with Crippen molar-refractivity contribution in [1.82, 2.24) is 5.32 Å². The molecule has 1 N–H and O–H groups in total. The molecule has 0 aromatic heterocycles. The summed E-state index contributed by atoms with van der Waals surface area (Å²) < 4.78 is 5.21. The van der Waals surface area contributed by atoms with Crippen LogP contribution in [0.15, 0.2) is 52.3 Å². The molecule has 0 radical (unpaired) electrons. The molecular weight excluding hydrogens is 351 g/mol. The van der Waals surface area contributed by atoms with Crippen LogP contribution in [0.25, 0.3) is 0 Å². The van der Waals surface area contributed by atoms with E-state index in [0.29, 0.717) is 0 Å². The zero-order valence-electron chi connectivity index (χ0n) is 12.9. The maximum atomic E-state index is 6.37. The van der Waals surface area contributed by atoms with E-state index >= 15 is 0 Å². The lowest BCUT2D eigenvalue weighted by Crippen LogP contribution is -2.43. The van der Waals surface area contributed by atoms with Crippen LogP contribution < -0.4 is 15.0 Å². The van der Waals surface area contributed by atoms with E-state index in [2.05, 4.69) is 34.5 Å². The standard InChI is InChI=1S/C17H19ClN2OS.ClH/c1-21-13-6-7-16(14(18)12-13)22-17-5-3-2-4-15(17)20-10-8-19-9-11-20;/h2-7,12,19H,8-11H2,1H3;1H. The number of benzene rings is 2. The molecule has 2 aromatic carbocycles. The molecule has 0 bridgehead atoms. The number of rotatable bonds is 4. The Kier molecular flexibility index (Phi) is 6.90. The van der Waals surface area contributed by atoms with E-state index in [0.717, 1.165) is 41.8 Å². The number of ether oxygens (including phenoxy) is 1. The van der Waals surface area contributed by atoms with E-state index in [-0.39, 0.29) is 12.4 Å². The second kappa shape index (κ2) is 8.69. The smallest absolute Gasteiger partial charge is 0.120 e. The van der Waals surface area contributed by atoms with Crippen LogP contribution in [-0.4, -0.2) is 33.3 Å². The third-order valence-electron chi connectivity index (χ3n) is 3.68. The fourth-order valence-electron chi connectivity index (χ4n) is 2.52. The minimum absolute atomic E-state index is 0. The highest BCUT2D eigenvalue weighted by Gasteiger charge is 2.15. The Bertz CT molecular complexity index is 648. The maximum Gasteiger partial charge on any atom is 0.120 e. The first kappa shape index (κ1) is 18.3. The molecule has 3 rings (SSSR count). The van der Waals surface area contributed by atoms with Gasteiger partial charge < -0.3 is 15.0 Å². The van der Waals surface area contributed by atoms with Gasteiger partial charge in [0.25, 0.3) is 0 Å². The summed E-state index contributed by atoms with van der Waals surface area (Å²) in [6.07, 6.45) is 0. The molecule has 3 nitrogen and oxygen atoms in total. The van der Waals surface area contributed by atoms with Gasteiger partial charge in [-0.2, -0.15) is 0 Å². The second-order valence-electron chi connectivity index (χ2n) is 5.10. The van der Waals surface area contributed by atoms with Crippen LogP contribution in [0.3, 0.4) is 0 Å². The van der Waals surface area contributed by atoms with Gasteiger partial charge in [0.15, 0.2) is 0 Å². The van der Waals surface area contributed by atoms with Crippen LogP contribution >= 0.6 is 35.8 Å². The number of hydrogen-bond donors (Lipinski definition) is 1. The summed E-state index contributed by atoms with van der Waals surface area (Å²) in [5.41, 5.74) is 1.28. The van der Waals surface area contributed by atoms with Crippen LogP contribution in [0.5, 0.6) is 5.75 Å². The van der Waals surface area contributed by atoms with Gasteiger partial charge in [0, 0.05) is 36.0 Å². The van der Waals surface area contributed by atoms with Crippen molar-refractivity contribution in [2.24, 2.45) is 0 Å². The summed E-state index contributed by atoms with van der Waals surface area (Å²) >= 11 is 8.08. The molecule has 1 fully saturated rings. The van der Waals surface area contributed by atoms with Crippen molar-refractivity contribution in [3.63, 3.8) is 0 Å². The zero-order valence-corrected chi connectivity index (χ0v) is 15.3. The Hall–Kier alpha value is -1.07. The Morgan fingerprint density at radius 2 is 1.83 bits per heavy atom. The van der Waals surface area contributed by atoms with Gasteiger partial charge in [-0.3, -0.25) is 0 Å². The molecule has 0 amide bonds. The van der Waals surface area contributed by atoms with Crippen LogP contribution in [0.1, 0.15) is 0 Å². The number of nitrogens with one attached hydrogen (secondary N) is 1. The van der Waals surface area contributed by atoms with E-state index in [1.165, 1.54) is 10.6 Å². The quantitative estimate of drug-likeness (QED) is 0.865. The van der Waals surface area contributed by atoms with E-state index in [9.17, 15) is 0 Å². The largest absolute Gasteiger partial charge is 0.497 e. The van der Waals surface area contributed by atoms with Crippen molar-refractivity contribution in [2.75, 3.05) is 38.2 Å². The van der Waals surface area contributed by atoms with Crippen molar-refractivity contribution in [2.45, 2.75) is 9.79 Å². The highest BCUT2D eigenvalue weighted by molar-refractivity contribution is 7.99. The molecule has 23 heavy (non-hydrogen) atoms. The highest BCUT2D eigenvalue weighted by atomic mass is 35.5.